The Bertz CT molecular complexity index is 776. The maximum absolute atomic E-state index is 12.1. The topological polar surface area (TPSA) is 68.0 Å². The van der Waals surface area contributed by atoms with E-state index in [1.807, 2.05) is 30.3 Å². The molecule has 0 aliphatic rings. The average Bonchev–Trinajstić information content (AvgIpc) is 2.53. The Morgan fingerprint density at radius 3 is 2.62 bits per heavy atom. The number of nitrogens with one attached hydrogen (secondary N) is 1. The molecule has 21 heavy (non-hydrogen) atoms. The molecule has 1 amide bonds. The van der Waals surface area contributed by atoms with Crippen molar-refractivity contribution < 1.29 is 4.79 Å². The minimum atomic E-state index is -0.122. The molecule has 3 rings (SSSR count). The van der Waals surface area contributed by atoms with Crippen molar-refractivity contribution in [2.75, 3.05) is 5.73 Å². The van der Waals surface area contributed by atoms with Crippen molar-refractivity contribution in [2.45, 2.75) is 6.54 Å². The van der Waals surface area contributed by atoms with Crippen LogP contribution in [0.4, 0.5) is 5.69 Å². The van der Waals surface area contributed by atoms with Gasteiger partial charge in [-0.15, -0.1) is 0 Å². The number of rotatable bonds is 3. The summed E-state index contributed by atoms with van der Waals surface area (Å²) in [4.78, 5) is 16.5. The first-order valence-corrected chi connectivity index (χ1v) is 6.70. The van der Waals surface area contributed by atoms with Crippen LogP contribution in [0.1, 0.15) is 15.9 Å². The quantitative estimate of drug-likeness (QED) is 0.723. The van der Waals surface area contributed by atoms with Gasteiger partial charge in [0.2, 0.25) is 0 Å². The molecule has 0 saturated carbocycles. The third-order valence-electron chi connectivity index (χ3n) is 3.33. The standard InChI is InChI=1S/C17H15N3O/c18-15-8-6-13(7-9-15)17(21)20-11-14-4-1-3-12-5-2-10-19-16(12)14/h1-10H,11,18H2,(H,20,21). The second kappa shape index (κ2) is 5.63. The highest BCUT2D eigenvalue weighted by Gasteiger charge is 2.06. The van der Waals surface area contributed by atoms with Crippen LogP contribution in [0, 0.1) is 0 Å². The lowest BCUT2D eigenvalue weighted by atomic mass is 10.1. The Balaban J connectivity index is 1.77. The lowest BCUT2D eigenvalue weighted by Gasteiger charge is -2.08. The Morgan fingerprint density at radius 1 is 1.05 bits per heavy atom. The molecule has 104 valence electrons. The summed E-state index contributed by atoms with van der Waals surface area (Å²) in [7, 11) is 0. The van der Waals surface area contributed by atoms with E-state index in [2.05, 4.69) is 10.3 Å². The Morgan fingerprint density at radius 2 is 1.81 bits per heavy atom. The maximum Gasteiger partial charge on any atom is 0.251 e. The van der Waals surface area contributed by atoms with Crippen molar-refractivity contribution in [1.82, 2.24) is 10.3 Å². The summed E-state index contributed by atoms with van der Waals surface area (Å²) in [6.45, 7) is 0.442. The molecule has 0 aliphatic heterocycles. The van der Waals surface area contributed by atoms with Gasteiger partial charge >= 0.3 is 0 Å². The highest BCUT2D eigenvalue weighted by atomic mass is 16.1. The van der Waals surface area contributed by atoms with Crippen molar-refractivity contribution in [3.05, 3.63) is 71.9 Å². The number of nitrogens with zero attached hydrogens (tertiary/aromatic N) is 1. The van der Waals surface area contributed by atoms with Gasteiger partial charge in [-0.1, -0.05) is 24.3 Å². The molecule has 1 aromatic heterocycles. The largest absolute Gasteiger partial charge is 0.399 e. The van der Waals surface area contributed by atoms with E-state index in [9.17, 15) is 4.79 Å². The molecule has 4 nitrogen and oxygen atoms in total. The minimum Gasteiger partial charge on any atom is -0.399 e. The molecule has 0 bridgehead atoms. The number of aromatic nitrogens is 1. The second-order valence-corrected chi connectivity index (χ2v) is 4.80. The number of fused-ring (bicyclic) bond motifs is 1. The molecular formula is C17H15N3O. The number of para-hydroxylation sites is 1. The molecule has 3 aromatic rings. The minimum absolute atomic E-state index is 0.122. The molecule has 0 spiro atoms. The van der Waals surface area contributed by atoms with Gasteiger partial charge < -0.3 is 11.1 Å². The van der Waals surface area contributed by atoms with E-state index in [-0.39, 0.29) is 5.91 Å². The third kappa shape index (κ3) is 2.84. The summed E-state index contributed by atoms with van der Waals surface area (Å²) in [6.07, 6.45) is 1.76. The van der Waals surface area contributed by atoms with Crippen molar-refractivity contribution in [2.24, 2.45) is 0 Å². The van der Waals surface area contributed by atoms with Gasteiger partial charge in [0.15, 0.2) is 0 Å². The molecule has 4 heteroatoms. The summed E-state index contributed by atoms with van der Waals surface area (Å²) in [5, 5.41) is 3.97. The van der Waals surface area contributed by atoms with Gasteiger partial charge in [-0.05, 0) is 35.9 Å². The van der Waals surface area contributed by atoms with E-state index in [4.69, 9.17) is 5.73 Å². The van der Waals surface area contributed by atoms with E-state index in [1.165, 1.54) is 0 Å². The zero-order chi connectivity index (χ0) is 14.7. The fourth-order valence-electron chi connectivity index (χ4n) is 2.22. The van der Waals surface area contributed by atoms with Crippen LogP contribution in [0.15, 0.2) is 60.8 Å². The lowest BCUT2D eigenvalue weighted by Crippen LogP contribution is -2.22. The summed E-state index contributed by atoms with van der Waals surface area (Å²) in [6, 6.07) is 16.7. The van der Waals surface area contributed by atoms with E-state index < -0.39 is 0 Å². The second-order valence-electron chi connectivity index (χ2n) is 4.80. The molecule has 0 radical (unpaired) electrons. The number of carbonyl (C=O) groups excluding carboxylic acids is 1. The van der Waals surface area contributed by atoms with Crippen LogP contribution in [-0.2, 0) is 6.54 Å². The van der Waals surface area contributed by atoms with Crippen LogP contribution in [-0.4, -0.2) is 10.9 Å². The fourth-order valence-corrected chi connectivity index (χ4v) is 2.22. The van der Waals surface area contributed by atoms with Gasteiger partial charge in [-0.25, -0.2) is 0 Å². The Kier molecular flexibility index (Phi) is 3.51. The molecule has 0 unspecified atom stereocenters. The van der Waals surface area contributed by atoms with Crippen molar-refractivity contribution in [1.29, 1.82) is 0 Å². The smallest absolute Gasteiger partial charge is 0.251 e. The van der Waals surface area contributed by atoms with E-state index in [1.54, 1.807) is 30.5 Å². The predicted octanol–water partition coefficient (Wildman–Crippen LogP) is 2.75. The first kappa shape index (κ1) is 13.1. The number of nitrogens with two attached hydrogens (primary N) is 1. The van der Waals surface area contributed by atoms with Crippen LogP contribution in [0.25, 0.3) is 10.9 Å². The molecule has 3 N–H and O–H groups in total. The van der Waals surface area contributed by atoms with E-state index in [0.717, 1.165) is 16.5 Å². The molecule has 2 aromatic carbocycles. The number of nitrogen functional groups attached to an aromatic ring is 1. The zero-order valence-electron chi connectivity index (χ0n) is 11.4. The summed E-state index contributed by atoms with van der Waals surface area (Å²) in [5.41, 5.74) is 8.76. The van der Waals surface area contributed by atoms with Gasteiger partial charge in [-0.2, -0.15) is 0 Å². The van der Waals surface area contributed by atoms with Gasteiger partial charge in [0.1, 0.15) is 0 Å². The third-order valence-corrected chi connectivity index (χ3v) is 3.33. The van der Waals surface area contributed by atoms with Gasteiger partial charge in [-0.3, -0.25) is 9.78 Å². The molecule has 0 atom stereocenters. The first-order valence-electron chi connectivity index (χ1n) is 6.70. The summed E-state index contributed by atoms with van der Waals surface area (Å²) in [5.74, 6) is -0.122. The van der Waals surface area contributed by atoms with Crippen LogP contribution < -0.4 is 11.1 Å². The molecular weight excluding hydrogens is 262 g/mol. The number of hydrogen-bond donors (Lipinski definition) is 2. The van der Waals surface area contributed by atoms with Crippen LogP contribution in [0.5, 0.6) is 0 Å². The molecule has 0 saturated heterocycles. The molecule has 1 heterocycles. The van der Waals surface area contributed by atoms with Gasteiger partial charge in [0.25, 0.3) is 5.91 Å². The number of hydrogen-bond acceptors (Lipinski definition) is 3. The maximum atomic E-state index is 12.1. The lowest BCUT2D eigenvalue weighted by molar-refractivity contribution is 0.0951. The number of pyridine rings is 1. The summed E-state index contributed by atoms with van der Waals surface area (Å²) < 4.78 is 0. The highest BCUT2D eigenvalue weighted by Crippen LogP contribution is 2.15. The summed E-state index contributed by atoms with van der Waals surface area (Å²) >= 11 is 0. The van der Waals surface area contributed by atoms with Crippen molar-refractivity contribution in [3.8, 4) is 0 Å². The fraction of sp³-hybridized carbons (Fsp3) is 0.0588. The van der Waals surface area contributed by atoms with Crippen LogP contribution in [0.3, 0.4) is 0 Å². The SMILES string of the molecule is Nc1ccc(C(=O)NCc2cccc3cccnc23)cc1. The highest BCUT2D eigenvalue weighted by molar-refractivity contribution is 5.94. The van der Waals surface area contributed by atoms with Crippen LogP contribution >= 0.6 is 0 Å². The van der Waals surface area contributed by atoms with E-state index in [0.29, 0.717) is 17.8 Å². The zero-order valence-corrected chi connectivity index (χ0v) is 11.4. The number of anilines is 1. The number of benzene rings is 2. The number of carbonyl (C=O) groups is 1. The van der Waals surface area contributed by atoms with Crippen molar-refractivity contribution >= 4 is 22.5 Å². The average molecular weight is 277 g/mol. The Hall–Kier alpha value is -2.88. The molecule has 0 aliphatic carbocycles. The van der Waals surface area contributed by atoms with Gasteiger partial charge in [0, 0.05) is 29.4 Å². The predicted molar refractivity (Wildman–Crippen MR) is 83.8 cm³/mol. The normalized spacial score (nSPS) is 10.5. The molecule has 0 fully saturated rings. The first-order chi connectivity index (χ1) is 10.2. The van der Waals surface area contributed by atoms with Crippen molar-refractivity contribution in [3.63, 3.8) is 0 Å². The monoisotopic (exact) mass is 277 g/mol. The van der Waals surface area contributed by atoms with Crippen LogP contribution in [0.2, 0.25) is 0 Å². The van der Waals surface area contributed by atoms with E-state index >= 15 is 0 Å². The Labute approximate surface area is 122 Å². The van der Waals surface area contributed by atoms with Gasteiger partial charge in [0.05, 0.1) is 5.52 Å². The number of amides is 1.